The summed E-state index contributed by atoms with van der Waals surface area (Å²) in [6.45, 7) is 2.99. The number of amides is 1. The first-order chi connectivity index (χ1) is 12.5. The number of carbonyl (C=O) groups is 1. The number of hydrogen-bond donors (Lipinski definition) is 0. The summed E-state index contributed by atoms with van der Waals surface area (Å²) in [4.78, 5) is 16.3. The van der Waals surface area contributed by atoms with E-state index in [4.69, 9.17) is 16.9 Å². The Morgan fingerprint density at radius 2 is 1.69 bits per heavy atom. The van der Waals surface area contributed by atoms with Gasteiger partial charge in [0.05, 0.1) is 22.2 Å². The molecule has 1 saturated heterocycles. The summed E-state index contributed by atoms with van der Waals surface area (Å²) in [6.07, 6.45) is 0. The van der Waals surface area contributed by atoms with Crippen molar-refractivity contribution in [1.29, 1.82) is 5.26 Å². The van der Waals surface area contributed by atoms with Gasteiger partial charge in [-0.3, -0.25) is 9.69 Å². The van der Waals surface area contributed by atoms with Gasteiger partial charge in [0.15, 0.2) is 11.6 Å². The molecule has 1 heterocycles. The molecular weight excluding hydrogens is 360 g/mol. The summed E-state index contributed by atoms with van der Waals surface area (Å²) >= 11 is 5.89. The van der Waals surface area contributed by atoms with Crippen LogP contribution in [-0.4, -0.2) is 41.9 Å². The Hall–Kier alpha value is -2.49. The number of hydrogen-bond acceptors (Lipinski definition) is 3. The lowest BCUT2D eigenvalue weighted by Gasteiger charge is -2.35. The second-order valence-electron chi connectivity index (χ2n) is 6.12. The molecule has 0 spiro atoms. The van der Waals surface area contributed by atoms with Gasteiger partial charge in [0.1, 0.15) is 0 Å². The van der Waals surface area contributed by atoms with Crippen molar-refractivity contribution in [1.82, 2.24) is 9.80 Å². The molecule has 0 N–H and O–H groups in total. The first-order valence-electron chi connectivity index (χ1n) is 8.13. The van der Waals surface area contributed by atoms with Crippen LogP contribution >= 0.6 is 11.6 Å². The zero-order valence-electron chi connectivity index (χ0n) is 13.9. The van der Waals surface area contributed by atoms with Gasteiger partial charge < -0.3 is 4.90 Å². The van der Waals surface area contributed by atoms with Crippen LogP contribution in [0.1, 0.15) is 21.5 Å². The van der Waals surface area contributed by atoms with Crippen LogP contribution in [0.15, 0.2) is 36.4 Å². The molecule has 0 radical (unpaired) electrons. The molecule has 3 rings (SSSR count). The molecule has 0 bridgehead atoms. The van der Waals surface area contributed by atoms with Gasteiger partial charge in [-0.15, -0.1) is 0 Å². The normalized spacial score (nSPS) is 14.9. The Labute approximate surface area is 155 Å². The number of benzene rings is 2. The maximum absolute atomic E-state index is 13.4. The summed E-state index contributed by atoms with van der Waals surface area (Å²) in [5.74, 6) is -2.55. The summed E-state index contributed by atoms with van der Waals surface area (Å²) in [7, 11) is 0. The second kappa shape index (κ2) is 7.81. The van der Waals surface area contributed by atoms with E-state index in [2.05, 4.69) is 11.0 Å². The minimum absolute atomic E-state index is 0.0221. The Bertz CT molecular complexity index is 856. The molecule has 0 unspecified atom stereocenters. The van der Waals surface area contributed by atoms with Gasteiger partial charge in [0.25, 0.3) is 5.91 Å². The molecule has 1 fully saturated rings. The first kappa shape index (κ1) is 18.3. The molecule has 2 aromatic carbocycles. The van der Waals surface area contributed by atoms with Crippen molar-refractivity contribution in [3.05, 3.63) is 69.7 Å². The van der Waals surface area contributed by atoms with E-state index in [1.54, 1.807) is 17.0 Å². The van der Waals surface area contributed by atoms with E-state index in [-0.39, 0.29) is 10.6 Å². The highest BCUT2D eigenvalue weighted by atomic mass is 35.5. The van der Waals surface area contributed by atoms with E-state index in [0.29, 0.717) is 31.7 Å². The first-order valence-corrected chi connectivity index (χ1v) is 8.51. The molecule has 0 atom stereocenters. The predicted molar refractivity (Wildman–Crippen MR) is 93.7 cm³/mol. The summed E-state index contributed by atoms with van der Waals surface area (Å²) in [6, 6.07) is 11.1. The van der Waals surface area contributed by atoms with E-state index in [0.717, 1.165) is 24.2 Å². The summed E-state index contributed by atoms with van der Waals surface area (Å²) in [5, 5.41) is 8.74. The topological polar surface area (TPSA) is 47.3 Å². The number of nitriles is 1. The van der Waals surface area contributed by atoms with Gasteiger partial charge in [-0.1, -0.05) is 23.7 Å². The lowest BCUT2D eigenvalue weighted by Crippen LogP contribution is -2.48. The van der Waals surface area contributed by atoms with Crippen LogP contribution in [0.5, 0.6) is 0 Å². The molecule has 0 aromatic heterocycles. The highest BCUT2D eigenvalue weighted by Gasteiger charge is 2.24. The van der Waals surface area contributed by atoms with E-state index >= 15 is 0 Å². The molecule has 4 nitrogen and oxygen atoms in total. The molecule has 0 aliphatic carbocycles. The van der Waals surface area contributed by atoms with Crippen molar-refractivity contribution in [2.45, 2.75) is 6.54 Å². The van der Waals surface area contributed by atoms with Gasteiger partial charge >= 0.3 is 0 Å². The fraction of sp³-hybridized carbons (Fsp3) is 0.263. The van der Waals surface area contributed by atoms with Crippen molar-refractivity contribution in [2.24, 2.45) is 0 Å². The molecule has 1 amide bonds. The van der Waals surface area contributed by atoms with Gasteiger partial charge in [-0.05, 0) is 29.8 Å². The van der Waals surface area contributed by atoms with Crippen molar-refractivity contribution < 1.29 is 13.6 Å². The van der Waals surface area contributed by atoms with Gasteiger partial charge in [0.2, 0.25) is 0 Å². The monoisotopic (exact) mass is 375 g/mol. The van der Waals surface area contributed by atoms with Crippen molar-refractivity contribution >= 4 is 17.5 Å². The SMILES string of the molecule is N#Cc1ccc(CN2CCN(C(=O)c3cc(F)c(F)cc3Cl)CC2)cc1. The van der Waals surface area contributed by atoms with Crippen molar-refractivity contribution in [3.8, 4) is 6.07 Å². The number of halogens is 3. The lowest BCUT2D eigenvalue weighted by molar-refractivity contribution is 0.0628. The lowest BCUT2D eigenvalue weighted by atomic mass is 10.1. The minimum atomic E-state index is -1.09. The third-order valence-corrected chi connectivity index (χ3v) is 4.70. The fourth-order valence-electron chi connectivity index (χ4n) is 2.91. The van der Waals surface area contributed by atoms with E-state index in [9.17, 15) is 13.6 Å². The van der Waals surface area contributed by atoms with Crippen LogP contribution in [0.25, 0.3) is 0 Å². The standard InChI is InChI=1S/C19H16ClF2N3O/c20-16-10-18(22)17(21)9-15(16)19(26)25-7-5-24(6-8-25)12-14-3-1-13(11-23)2-4-14/h1-4,9-10H,5-8,12H2. The Morgan fingerprint density at radius 3 is 2.31 bits per heavy atom. The van der Waals surface area contributed by atoms with Crippen LogP contribution in [-0.2, 0) is 6.54 Å². The zero-order chi connectivity index (χ0) is 18.7. The third-order valence-electron chi connectivity index (χ3n) is 4.39. The molecule has 2 aromatic rings. The van der Waals surface area contributed by atoms with Crippen LogP contribution < -0.4 is 0 Å². The Balaban J connectivity index is 1.60. The highest BCUT2D eigenvalue weighted by Crippen LogP contribution is 2.22. The molecule has 1 aliphatic rings. The average Bonchev–Trinajstić information content (AvgIpc) is 2.65. The van der Waals surface area contributed by atoms with Crippen LogP contribution in [0.4, 0.5) is 8.78 Å². The van der Waals surface area contributed by atoms with Gasteiger partial charge in [-0.2, -0.15) is 5.26 Å². The van der Waals surface area contributed by atoms with Crippen LogP contribution in [0, 0.1) is 23.0 Å². The van der Waals surface area contributed by atoms with E-state index in [1.165, 1.54) is 0 Å². The molecular formula is C19H16ClF2N3O. The minimum Gasteiger partial charge on any atom is -0.336 e. The van der Waals surface area contributed by atoms with E-state index < -0.39 is 17.5 Å². The Morgan fingerprint density at radius 1 is 1.08 bits per heavy atom. The smallest absolute Gasteiger partial charge is 0.255 e. The number of carbonyl (C=O) groups excluding carboxylic acids is 1. The third kappa shape index (κ3) is 4.01. The van der Waals surface area contributed by atoms with Crippen molar-refractivity contribution in [2.75, 3.05) is 26.2 Å². The highest BCUT2D eigenvalue weighted by molar-refractivity contribution is 6.33. The molecule has 0 saturated carbocycles. The second-order valence-corrected chi connectivity index (χ2v) is 6.53. The predicted octanol–water partition coefficient (Wildman–Crippen LogP) is 3.45. The van der Waals surface area contributed by atoms with Crippen molar-refractivity contribution in [3.63, 3.8) is 0 Å². The van der Waals surface area contributed by atoms with Gasteiger partial charge in [0, 0.05) is 32.7 Å². The quantitative estimate of drug-likeness (QED) is 0.772. The zero-order valence-corrected chi connectivity index (χ0v) is 14.6. The molecule has 26 heavy (non-hydrogen) atoms. The Kier molecular flexibility index (Phi) is 5.50. The summed E-state index contributed by atoms with van der Waals surface area (Å²) in [5.41, 5.74) is 1.69. The molecule has 1 aliphatic heterocycles. The number of piperazine rings is 1. The average molecular weight is 376 g/mol. The maximum atomic E-state index is 13.4. The molecule has 134 valence electrons. The number of nitrogens with zero attached hydrogens (tertiary/aromatic N) is 3. The van der Waals surface area contributed by atoms with Crippen LogP contribution in [0.2, 0.25) is 5.02 Å². The van der Waals surface area contributed by atoms with Gasteiger partial charge in [-0.25, -0.2) is 8.78 Å². The fourth-order valence-corrected chi connectivity index (χ4v) is 3.14. The number of rotatable bonds is 3. The van der Waals surface area contributed by atoms with Crippen LogP contribution in [0.3, 0.4) is 0 Å². The maximum Gasteiger partial charge on any atom is 0.255 e. The molecule has 7 heteroatoms. The largest absolute Gasteiger partial charge is 0.336 e. The van der Waals surface area contributed by atoms with E-state index in [1.807, 2.05) is 12.1 Å². The summed E-state index contributed by atoms with van der Waals surface area (Å²) < 4.78 is 26.6.